The highest BCUT2D eigenvalue weighted by Crippen LogP contribution is 2.15. The van der Waals surface area contributed by atoms with E-state index < -0.39 is 5.60 Å². The van der Waals surface area contributed by atoms with Gasteiger partial charge in [0.25, 0.3) is 0 Å². The van der Waals surface area contributed by atoms with Gasteiger partial charge in [-0.15, -0.1) is 0 Å². The molecule has 0 atom stereocenters. The monoisotopic (exact) mass is 354 g/mol. The van der Waals surface area contributed by atoms with Gasteiger partial charge in [-0.2, -0.15) is 0 Å². The molecule has 0 amide bonds. The van der Waals surface area contributed by atoms with Crippen LogP contribution in [0.25, 0.3) is 0 Å². The Bertz CT molecular complexity index is 520. The molecule has 24 heavy (non-hydrogen) atoms. The van der Waals surface area contributed by atoms with Crippen LogP contribution in [0.15, 0.2) is 24.3 Å². The predicted molar refractivity (Wildman–Crippen MR) is 95.7 cm³/mol. The molecule has 0 saturated carbocycles. The van der Waals surface area contributed by atoms with Gasteiger partial charge < -0.3 is 9.47 Å². The number of nitrogens with zero attached hydrogens (tertiary/aromatic N) is 2. The van der Waals surface area contributed by atoms with Crippen molar-refractivity contribution in [3.63, 3.8) is 0 Å². The number of benzene rings is 1. The van der Waals surface area contributed by atoms with E-state index in [4.69, 9.17) is 21.1 Å². The summed E-state index contributed by atoms with van der Waals surface area (Å²) in [6.07, 6.45) is 0. The lowest BCUT2D eigenvalue weighted by Crippen LogP contribution is -2.49. The molecule has 1 heterocycles. The van der Waals surface area contributed by atoms with Crippen LogP contribution < -0.4 is 4.74 Å². The van der Waals surface area contributed by atoms with E-state index in [1.807, 2.05) is 45.0 Å². The molecular weight excluding hydrogens is 328 g/mol. The lowest BCUT2D eigenvalue weighted by Gasteiger charge is -2.34. The molecule has 0 aliphatic carbocycles. The van der Waals surface area contributed by atoms with Gasteiger partial charge in [0.05, 0.1) is 6.54 Å². The third-order valence-electron chi connectivity index (χ3n) is 3.73. The SMILES string of the molecule is CC(C)(C)OC(=O)CN1CCN(CCOc2ccc(Cl)cc2)CC1. The fourth-order valence-corrected chi connectivity index (χ4v) is 2.68. The maximum absolute atomic E-state index is 11.9. The van der Waals surface area contributed by atoms with Gasteiger partial charge in [-0.3, -0.25) is 14.6 Å². The van der Waals surface area contributed by atoms with E-state index in [0.717, 1.165) is 38.5 Å². The molecule has 0 spiro atoms. The van der Waals surface area contributed by atoms with Crippen LogP contribution in [0.1, 0.15) is 20.8 Å². The highest BCUT2D eigenvalue weighted by Gasteiger charge is 2.22. The van der Waals surface area contributed by atoms with E-state index in [1.54, 1.807) is 0 Å². The van der Waals surface area contributed by atoms with E-state index in [0.29, 0.717) is 18.2 Å². The molecule has 0 N–H and O–H groups in total. The van der Waals surface area contributed by atoms with Crippen molar-refractivity contribution in [3.05, 3.63) is 29.3 Å². The first kappa shape index (κ1) is 19.0. The standard InChI is InChI=1S/C18H27ClN2O3/c1-18(2,3)24-17(22)14-21-10-8-20(9-11-21)12-13-23-16-6-4-15(19)5-7-16/h4-7H,8-14H2,1-3H3. The average Bonchev–Trinajstić information content (AvgIpc) is 2.49. The van der Waals surface area contributed by atoms with Gasteiger partial charge in [0, 0.05) is 37.7 Å². The van der Waals surface area contributed by atoms with Crippen molar-refractivity contribution in [2.45, 2.75) is 26.4 Å². The van der Waals surface area contributed by atoms with Crippen LogP contribution >= 0.6 is 11.6 Å². The van der Waals surface area contributed by atoms with Gasteiger partial charge in [0.15, 0.2) is 0 Å². The van der Waals surface area contributed by atoms with Gasteiger partial charge in [0.1, 0.15) is 18.0 Å². The van der Waals surface area contributed by atoms with E-state index >= 15 is 0 Å². The number of ether oxygens (including phenoxy) is 2. The van der Waals surface area contributed by atoms with Crippen molar-refractivity contribution in [2.75, 3.05) is 45.9 Å². The Balaban J connectivity index is 1.62. The van der Waals surface area contributed by atoms with Crippen molar-refractivity contribution in [1.29, 1.82) is 0 Å². The number of halogens is 1. The van der Waals surface area contributed by atoms with Crippen molar-refractivity contribution < 1.29 is 14.3 Å². The lowest BCUT2D eigenvalue weighted by atomic mass is 10.2. The van der Waals surface area contributed by atoms with E-state index in [2.05, 4.69) is 9.80 Å². The first-order valence-electron chi connectivity index (χ1n) is 8.37. The molecule has 1 aromatic carbocycles. The first-order chi connectivity index (χ1) is 11.3. The van der Waals surface area contributed by atoms with Gasteiger partial charge >= 0.3 is 5.97 Å². The molecule has 5 nitrogen and oxygen atoms in total. The highest BCUT2D eigenvalue weighted by atomic mass is 35.5. The van der Waals surface area contributed by atoms with Crippen LogP contribution in [0.4, 0.5) is 0 Å². The van der Waals surface area contributed by atoms with Crippen LogP contribution in [-0.4, -0.2) is 67.2 Å². The molecule has 134 valence electrons. The Hall–Kier alpha value is -1.30. The Morgan fingerprint density at radius 3 is 2.25 bits per heavy atom. The van der Waals surface area contributed by atoms with E-state index in [-0.39, 0.29) is 5.97 Å². The summed E-state index contributed by atoms with van der Waals surface area (Å²) in [5.74, 6) is 0.685. The summed E-state index contributed by atoms with van der Waals surface area (Å²) in [7, 11) is 0. The number of carbonyl (C=O) groups excluding carboxylic acids is 1. The van der Waals surface area contributed by atoms with Gasteiger partial charge in [-0.1, -0.05) is 11.6 Å². The fourth-order valence-electron chi connectivity index (χ4n) is 2.55. The number of esters is 1. The number of carbonyl (C=O) groups is 1. The predicted octanol–water partition coefficient (Wildman–Crippen LogP) is 2.68. The summed E-state index contributed by atoms with van der Waals surface area (Å²) in [6, 6.07) is 7.40. The van der Waals surface area contributed by atoms with Crippen molar-refractivity contribution in [1.82, 2.24) is 9.80 Å². The van der Waals surface area contributed by atoms with Crippen LogP contribution in [0.2, 0.25) is 5.02 Å². The Morgan fingerprint density at radius 2 is 1.67 bits per heavy atom. The number of piperazine rings is 1. The topological polar surface area (TPSA) is 42.0 Å². The second-order valence-electron chi connectivity index (χ2n) is 7.01. The van der Waals surface area contributed by atoms with Crippen LogP contribution in [0, 0.1) is 0 Å². The van der Waals surface area contributed by atoms with E-state index in [9.17, 15) is 4.79 Å². The minimum atomic E-state index is -0.419. The normalized spacial score (nSPS) is 16.8. The molecule has 6 heteroatoms. The van der Waals surface area contributed by atoms with Crippen LogP contribution in [-0.2, 0) is 9.53 Å². The maximum atomic E-state index is 11.9. The molecule has 0 radical (unpaired) electrons. The van der Waals surface area contributed by atoms with Crippen molar-refractivity contribution >= 4 is 17.6 Å². The third-order valence-corrected chi connectivity index (χ3v) is 3.98. The second kappa shape index (κ2) is 8.70. The molecular formula is C18H27ClN2O3. The quantitative estimate of drug-likeness (QED) is 0.735. The smallest absolute Gasteiger partial charge is 0.320 e. The van der Waals surface area contributed by atoms with Crippen molar-refractivity contribution in [3.8, 4) is 5.75 Å². The Morgan fingerprint density at radius 1 is 1.08 bits per heavy atom. The molecule has 1 aliphatic heterocycles. The van der Waals surface area contributed by atoms with E-state index in [1.165, 1.54) is 0 Å². The van der Waals surface area contributed by atoms with Crippen LogP contribution in [0.3, 0.4) is 0 Å². The first-order valence-corrected chi connectivity index (χ1v) is 8.74. The summed E-state index contributed by atoms with van der Waals surface area (Å²) in [4.78, 5) is 16.3. The summed E-state index contributed by atoms with van der Waals surface area (Å²) in [5.41, 5.74) is -0.419. The minimum Gasteiger partial charge on any atom is -0.492 e. The summed E-state index contributed by atoms with van der Waals surface area (Å²) < 4.78 is 11.1. The molecule has 1 fully saturated rings. The number of hydrogen-bond acceptors (Lipinski definition) is 5. The highest BCUT2D eigenvalue weighted by molar-refractivity contribution is 6.30. The Labute approximate surface area is 149 Å². The zero-order chi connectivity index (χ0) is 17.6. The fraction of sp³-hybridized carbons (Fsp3) is 0.611. The zero-order valence-electron chi connectivity index (χ0n) is 14.8. The minimum absolute atomic E-state index is 0.151. The molecule has 2 rings (SSSR count). The summed E-state index contributed by atoms with van der Waals surface area (Å²) >= 11 is 5.85. The number of hydrogen-bond donors (Lipinski definition) is 0. The molecule has 1 saturated heterocycles. The average molecular weight is 355 g/mol. The molecule has 0 unspecified atom stereocenters. The van der Waals surface area contributed by atoms with Gasteiger partial charge in [-0.25, -0.2) is 0 Å². The molecule has 1 aliphatic rings. The maximum Gasteiger partial charge on any atom is 0.320 e. The summed E-state index contributed by atoms with van der Waals surface area (Å²) in [6.45, 7) is 11.2. The molecule has 0 aromatic heterocycles. The molecule has 0 bridgehead atoms. The van der Waals surface area contributed by atoms with Crippen LogP contribution in [0.5, 0.6) is 5.75 Å². The lowest BCUT2D eigenvalue weighted by molar-refractivity contribution is -0.156. The summed E-state index contributed by atoms with van der Waals surface area (Å²) in [5, 5.41) is 0.712. The third kappa shape index (κ3) is 7.07. The second-order valence-corrected chi connectivity index (χ2v) is 7.44. The van der Waals surface area contributed by atoms with Gasteiger partial charge in [0.2, 0.25) is 0 Å². The molecule has 1 aromatic rings. The number of rotatable bonds is 6. The largest absolute Gasteiger partial charge is 0.492 e. The Kier molecular flexibility index (Phi) is 6.90. The van der Waals surface area contributed by atoms with Crippen molar-refractivity contribution in [2.24, 2.45) is 0 Å². The van der Waals surface area contributed by atoms with Gasteiger partial charge in [-0.05, 0) is 45.0 Å². The zero-order valence-corrected chi connectivity index (χ0v) is 15.5.